The molecular weight excluding hydrogens is 212 g/mol. The van der Waals surface area contributed by atoms with E-state index in [0.717, 1.165) is 17.9 Å². The maximum atomic E-state index is 8.63. The largest absolute Gasteiger partial charge is 0.493 e. The molecule has 0 amide bonds. The maximum Gasteiger partial charge on any atom is 0.120 e. The summed E-state index contributed by atoms with van der Waals surface area (Å²) in [5.74, 6) is 6.92. The Balaban J connectivity index is 2.54. The molecule has 0 saturated heterocycles. The van der Waals surface area contributed by atoms with Crippen molar-refractivity contribution in [1.82, 2.24) is 0 Å². The van der Waals surface area contributed by atoms with Crippen molar-refractivity contribution in [2.45, 2.75) is 26.7 Å². The normalized spacial score (nSPS) is 11.5. The van der Waals surface area contributed by atoms with Crippen LogP contribution in [0.1, 0.15) is 32.3 Å². The minimum atomic E-state index is -0.112. The lowest BCUT2D eigenvalue weighted by molar-refractivity contribution is 0.251. The third kappa shape index (κ3) is 5.42. The van der Waals surface area contributed by atoms with Gasteiger partial charge in [-0.05, 0) is 30.5 Å². The average Bonchev–Trinajstić information content (AvgIpc) is 2.35. The van der Waals surface area contributed by atoms with E-state index >= 15 is 0 Å². The highest BCUT2D eigenvalue weighted by Gasteiger charge is 2.02. The van der Waals surface area contributed by atoms with Gasteiger partial charge in [0.15, 0.2) is 0 Å². The molecule has 0 aromatic heterocycles. The first kappa shape index (κ1) is 13.6. The zero-order chi connectivity index (χ0) is 12.5. The summed E-state index contributed by atoms with van der Waals surface area (Å²) in [4.78, 5) is 0. The molecule has 0 fully saturated rings. The van der Waals surface area contributed by atoms with E-state index in [2.05, 4.69) is 25.7 Å². The Morgan fingerprint density at radius 3 is 2.94 bits per heavy atom. The van der Waals surface area contributed by atoms with Gasteiger partial charge in [0.1, 0.15) is 12.4 Å². The third-order valence-corrected chi connectivity index (χ3v) is 2.46. The van der Waals surface area contributed by atoms with Crippen LogP contribution in [0.4, 0.5) is 0 Å². The molecule has 1 N–H and O–H groups in total. The molecule has 1 aromatic rings. The third-order valence-electron chi connectivity index (χ3n) is 2.46. The van der Waals surface area contributed by atoms with Gasteiger partial charge in [-0.1, -0.05) is 38.2 Å². The first-order valence-electron chi connectivity index (χ1n) is 6.08. The number of aliphatic hydroxyl groups excluding tert-OH is 1. The first-order valence-corrected chi connectivity index (χ1v) is 6.08. The number of ether oxygens (including phenoxy) is 1. The van der Waals surface area contributed by atoms with Crippen molar-refractivity contribution in [3.63, 3.8) is 0 Å². The lowest BCUT2D eigenvalue weighted by atomic mass is 10.1. The number of hydrogen-bond acceptors (Lipinski definition) is 2. The molecule has 92 valence electrons. The molecule has 1 aromatic carbocycles. The highest BCUT2D eigenvalue weighted by atomic mass is 16.5. The van der Waals surface area contributed by atoms with Crippen molar-refractivity contribution in [3.8, 4) is 17.6 Å². The molecule has 0 aliphatic rings. The zero-order valence-corrected chi connectivity index (χ0v) is 10.6. The second-order valence-electron chi connectivity index (χ2n) is 4.19. The molecule has 0 aliphatic heterocycles. The van der Waals surface area contributed by atoms with E-state index < -0.39 is 0 Å². The summed E-state index contributed by atoms with van der Waals surface area (Å²) in [7, 11) is 0. The van der Waals surface area contributed by atoms with Crippen molar-refractivity contribution in [1.29, 1.82) is 0 Å². The molecule has 17 heavy (non-hydrogen) atoms. The Bertz CT molecular complexity index is 387. The molecule has 0 radical (unpaired) electrons. The second kappa shape index (κ2) is 7.76. The fourth-order valence-electron chi connectivity index (χ4n) is 1.62. The van der Waals surface area contributed by atoms with Gasteiger partial charge in [-0.25, -0.2) is 0 Å². The highest BCUT2D eigenvalue weighted by Crippen LogP contribution is 2.15. The van der Waals surface area contributed by atoms with E-state index in [1.807, 2.05) is 24.3 Å². The minimum Gasteiger partial charge on any atom is -0.493 e. The van der Waals surface area contributed by atoms with Crippen molar-refractivity contribution in [2.24, 2.45) is 5.92 Å². The SMILES string of the molecule is CCCC(C)COc1cccc(C#CCO)c1. The Morgan fingerprint density at radius 2 is 2.24 bits per heavy atom. The van der Waals surface area contributed by atoms with Crippen LogP contribution in [0.25, 0.3) is 0 Å². The number of hydrogen-bond donors (Lipinski definition) is 1. The number of aliphatic hydroxyl groups is 1. The van der Waals surface area contributed by atoms with Crippen molar-refractivity contribution >= 4 is 0 Å². The maximum absolute atomic E-state index is 8.63. The Morgan fingerprint density at radius 1 is 1.41 bits per heavy atom. The smallest absolute Gasteiger partial charge is 0.120 e. The predicted molar refractivity (Wildman–Crippen MR) is 70.0 cm³/mol. The first-order chi connectivity index (χ1) is 8.26. The lowest BCUT2D eigenvalue weighted by Crippen LogP contribution is -2.08. The zero-order valence-electron chi connectivity index (χ0n) is 10.6. The molecule has 0 aliphatic carbocycles. The summed E-state index contributed by atoms with van der Waals surface area (Å²) >= 11 is 0. The van der Waals surface area contributed by atoms with Crippen molar-refractivity contribution < 1.29 is 9.84 Å². The highest BCUT2D eigenvalue weighted by molar-refractivity contribution is 5.39. The summed E-state index contributed by atoms with van der Waals surface area (Å²) in [6, 6.07) is 7.66. The van der Waals surface area contributed by atoms with Gasteiger partial charge in [-0.2, -0.15) is 0 Å². The Labute approximate surface area is 104 Å². The van der Waals surface area contributed by atoms with Crippen molar-refractivity contribution in [3.05, 3.63) is 29.8 Å². The van der Waals surface area contributed by atoms with Gasteiger partial charge in [0.25, 0.3) is 0 Å². The summed E-state index contributed by atoms with van der Waals surface area (Å²) in [5.41, 5.74) is 0.875. The molecule has 1 atom stereocenters. The van der Waals surface area contributed by atoms with Gasteiger partial charge in [-0.15, -0.1) is 0 Å². The molecule has 0 bridgehead atoms. The predicted octanol–water partition coefficient (Wildman–Crippen LogP) is 2.85. The Hall–Kier alpha value is -1.46. The summed E-state index contributed by atoms with van der Waals surface area (Å²) in [6.45, 7) is 5.00. The van der Waals surface area contributed by atoms with E-state index in [-0.39, 0.29) is 6.61 Å². The molecule has 0 spiro atoms. The summed E-state index contributed by atoms with van der Waals surface area (Å²) in [5, 5.41) is 8.63. The van der Waals surface area contributed by atoms with E-state index in [4.69, 9.17) is 9.84 Å². The molecular formula is C15H20O2. The van der Waals surface area contributed by atoms with Crippen LogP contribution >= 0.6 is 0 Å². The van der Waals surface area contributed by atoms with E-state index in [0.29, 0.717) is 5.92 Å². The van der Waals surface area contributed by atoms with Crippen LogP contribution in [0.15, 0.2) is 24.3 Å². The van der Waals surface area contributed by atoms with Gasteiger partial charge in [-0.3, -0.25) is 0 Å². The van der Waals surface area contributed by atoms with Crippen LogP contribution in [-0.2, 0) is 0 Å². The number of benzene rings is 1. The van der Waals surface area contributed by atoms with Gasteiger partial charge >= 0.3 is 0 Å². The van der Waals surface area contributed by atoms with Crippen LogP contribution in [0.3, 0.4) is 0 Å². The second-order valence-corrected chi connectivity index (χ2v) is 4.19. The topological polar surface area (TPSA) is 29.5 Å². The fourth-order valence-corrected chi connectivity index (χ4v) is 1.62. The Kier molecular flexibility index (Phi) is 6.21. The standard InChI is InChI=1S/C15H20O2/c1-3-6-13(2)12-17-15-9-4-7-14(11-15)8-5-10-16/h4,7,9,11,13,16H,3,6,10,12H2,1-2H3. The quantitative estimate of drug-likeness (QED) is 0.791. The van der Waals surface area contributed by atoms with E-state index in [9.17, 15) is 0 Å². The van der Waals surface area contributed by atoms with Crippen LogP contribution in [0.5, 0.6) is 5.75 Å². The van der Waals surface area contributed by atoms with Crippen LogP contribution in [-0.4, -0.2) is 18.3 Å². The van der Waals surface area contributed by atoms with Gasteiger partial charge in [0.2, 0.25) is 0 Å². The molecule has 2 nitrogen and oxygen atoms in total. The summed E-state index contributed by atoms with van der Waals surface area (Å²) < 4.78 is 5.71. The molecule has 1 rings (SSSR count). The van der Waals surface area contributed by atoms with Crippen LogP contribution < -0.4 is 4.74 Å². The molecule has 0 heterocycles. The van der Waals surface area contributed by atoms with Gasteiger partial charge in [0, 0.05) is 5.56 Å². The molecule has 0 saturated carbocycles. The molecule has 1 unspecified atom stereocenters. The van der Waals surface area contributed by atoms with Crippen LogP contribution in [0.2, 0.25) is 0 Å². The van der Waals surface area contributed by atoms with Crippen LogP contribution in [0, 0.1) is 17.8 Å². The summed E-state index contributed by atoms with van der Waals surface area (Å²) in [6.07, 6.45) is 2.37. The van der Waals surface area contributed by atoms with E-state index in [1.54, 1.807) is 0 Å². The van der Waals surface area contributed by atoms with Gasteiger partial charge in [0.05, 0.1) is 6.61 Å². The van der Waals surface area contributed by atoms with Crippen molar-refractivity contribution in [2.75, 3.05) is 13.2 Å². The lowest BCUT2D eigenvalue weighted by Gasteiger charge is -2.12. The monoisotopic (exact) mass is 232 g/mol. The number of rotatable bonds is 5. The fraction of sp³-hybridized carbons (Fsp3) is 0.467. The average molecular weight is 232 g/mol. The van der Waals surface area contributed by atoms with E-state index in [1.165, 1.54) is 12.8 Å². The molecule has 2 heteroatoms. The van der Waals surface area contributed by atoms with Gasteiger partial charge < -0.3 is 9.84 Å². The minimum absolute atomic E-state index is 0.112.